The Morgan fingerprint density at radius 2 is 1.85 bits per heavy atom. The zero-order chi connectivity index (χ0) is 29.6. The second-order valence-electron chi connectivity index (χ2n) is 10.4. The van der Waals surface area contributed by atoms with E-state index in [4.69, 9.17) is 26.2 Å². The van der Waals surface area contributed by atoms with Crippen molar-refractivity contribution in [1.82, 2.24) is 15.4 Å². The van der Waals surface area contributed by atoms with Gasteiger partial charge in [-0.2, -0.15) is 13.1 Å². The van der Waals surface area contributed by atoms with Crippen molar-refractivity contribution in [1.29, 1.82) is 0 Å². The van der Waals surface area contributed by atoms with Gasteiger partial charge in [0, 0.05) is 30.1 Å². The molecule has 5 atom stereocenters. The minimum absolute atomic E-state index is 0.0155. The Labute approximate surface area is 244 Å². The highest BCUT2D eigenvalue weighted by Gasteiger charge is 2.44. The maximum Gasteiger partial charge on any atom is 0.315 e. The van der Waals surface area contributed by atoms with Gasteiger partial charge in [0.1, 0.15) is 24.6 Å². The predicted octanol–water partition coefficient (Wildman–Crippen LogP) is 0.725. The summed E-state index contributed by atoms with van der Waals surface area (Å²) in [5.74, 6) is -0.237. The average molecular weight is 613 g/mol. The number of carbonyl (C=O) groups excluding carboxylic acids is 1. The van der Waals surface area contributed by atoms with Crippen LogP contribution in [0.3, 0.4) is 0 Å². The Bertz CT molecular complexity index is 1280. The molecular formula is C27H37ClN4O8S. The van der Waals surface area contributed by atoms with Gasteiger partial charge < -0.3 is 35.4 Å². The molecule has 1 aliphatic carbocycles. The molecule has 1 saturated heterocycles. The predicted molar refractivity (Wildman–Crippen MR) is 152 cm³/mol. The molecule has 2 aromatic rings. The number of aliphatic hydroxyl groups excluding tert-OH is 3. The van der Waals surface area contributed by atoms with Gasteiger partial charge in [-0.25, -0.2) is 9.93 Å². The quantitative estimate of drug-likeness (QED) is 0.170. The Morgan fingerprint density at radius 1 is 1.12 bits per heavy atom. The number of rotatable bonds is 12. The molecule has 0 radical (unpaired) electrons. The molecule has 1 heterocycles. The molecule has 1 saturated carbocycles. The second kappa shape index (κ2) is 14.1. The molecule has 14 heteroatoms. The first-order valence-corrected chi connectivity index (χ1v) is 15.4. The summed E-state index contributed by atoms with van der Waals surface area (Å²) in [6.07, 6.45) is -0.789. The summed E-state index contributed by atoms with van der Waals surface area (Å²) in [4.78, 5) is 12.2. The molecule has 2 amide bonds. The van der Waals surface area contributed by atoms with E-state index in [0.29, 0.717) is 22.8 Å². The van der Waals surface area contributed by atoms with Gasteiger partial charge in [0.2, 0.25) is 0 Å². The smallest absolute Gasteiger partial charge is 0.315 e. The van der Waals surface area contributed by atoms with Gasteiger partial charge in [-0.3, -0.25) is 0 Å². The minimum Gasteiger partial charge on any atom is -0.492 e. The third-order valence-electron chi connectivity index (χ3n) is 7.39. The number of urea groups is 1. The van der Waals surface area contributed by atoms with E-state index >= 15 is 0 Å². The van der Waals surface area contributed by atoms with Crippen LogP contribution in [0.5, 0.6) is 5.75 Å². The molecule has 2 aromatic carbocycles. The van der Waals surface area contributed by atoms with Crippen molar-refractivity contribution in [2.24, 2.45) is 11.1 Å². The molecule has 0 spiro atoms. The number of halogens is 1. The topological polar surface area (TPSA) is 192 Å². The molecule has 5 unspecified atom stereocenters. The molecule has 226 valence electrons. The largest absolute Gasteiger partial charge is 0.492 e. The molecule has 0 bridgehead atoms. The Kier molecular flexibility index (Phi) is 10.8. The van der Waals surface area contributed by atoms with Crippen LogP contribution in [0.1, 0.15) is 42.1 Å². The number of nitrogens with two attached hydrogens (primary N) is 1. The molecule has 4 rings (SSSR count). The van der Waals surface area contributed by atoms with Crippen LogP contribution in [0.15, 0.2) is 42.5 Å². The van der Waals surface area contributed by atoms with E-state index in [1.54, 1.807) is 24.3 Å². The van der Waals surface area contributed by atoms with E-state index in [1.807, 2.05) is 18.2 Å². The van der Waals surface area contributed by atoms with Crippen LogP contribution in [-0.2, 0) is 21.4 Å². The van der Waals surface area contributed by atoms with Crippen LogP contribution < -0.4 is 25.2 Å². The number of hydrogen-bond acceptors (Lipinski definition) is 8. The fourth-order valence-corrected chi connectivity index (χ4v) is 5.44. The molecule has 41 heavy (non-hydrogen) atoms. The van der Waals surface area contributed by atoms with E-state index in [0.717, 1.165) is 30.4 Å². The van der Waals surface area contributed by atoms with Crippen molar-refractivity contribution in [3.05, 3.63) is 64.2 Å². The average Bonchev–Trinajstić information content (AvgIpc) is 2.91. The van der Waals surface area contributed by atoms with E-state index in [9.17, 15) is 28.5 Å². The van der Waals surface area contributed by atoms with Gasteiger partial charge in [0.15, 0.2) is 0 Å². The summed E-state index contributed by atoms with van der Waals surface area (Å²) in [6, 6.07) is 12.3. The van der Waals surface area contributed by atoms with E-state index < -0.39 is 47.1 Å². The molecular weight excluding hydrogens is 576 g/mol. The minimum atomic E-state index is -3.77. The standard InChI is InChI=1S/C27H37ClN4O8S/c28-22-9-6-17(13-18(22)12-16-4-7-20(8-5-16)39-11-10-31-41(29,37)38)26-21(15-33)24(34)25(35)23(40-26)14-30-27(36)32-19-2-1-3-19/h4-9,13,19,21,23-26,31,33-35H,1-3,10-12,14-15H2,(H2,29,37,38)(H2,30,32,36). The highest BCUT2D eigenvalue weighted by Crippen LogP contribution is 2.38. The summed E-state index contributed by atoms with van der Waals surface area (Å²) < 4.78 is 35.7. The lowest BCUT2D eigenvalue weighted by Gasteiger charge is -2.43. The van der Waals surface area contributed by atoms with Crippen LogP contribution in [-0.4, -0.2) is 80.4 Å². The maximum absolute atomic E-state index is 12.2. The molecule has 12 nitrogen and oxygen atoms in total. The molecule has 0 aromatic heterocycles. The molecule has 8 N–H and O–H groups in total. The SMILES string of the molecule is NS(=O)(=O)NCCOc1ccc(Cc2cc(C3OC(CNC(=O)NC4CCC4)C(O)C(O)C3CO)ccc2Cl)cc1. The first-order chi connectivity index (χ1) is 19.5. The summed E-state index contributed by atoms with van der Waals surface area (Å²) >= 11 is 6.51. The first-order valence-electron chi connectivity index (χ1n) is 13.5. The van der Waals surface area contributed by atoms with E-state index in [-0.39, 0.29) is 31.8 Å². The Hall–Kier alpha value is -2.49. The molecule has 2 fully saturated rings. The van der Waals surface area contributed by atoms with Gasteiger partial charge in [-0.15, -0.1) is 0 Å². The number of amides is 2. The third-order valence-corrected chi connectivity index (χ3v) is 8.36. The van der Waals surface area contributed by atoms with Crippen LogP contribution in [0.2, 0.25) is 5.02 Å². The zero-order valence-corrected chi connectivity index (χ0v) is 24.0. The lowest BCUT2D eigenvalue weighted by atomic mass is 9.83. The summed E-state index contributed by atoms with van der Waals surface area (Å²) in [6.45, 7) is -0.285. The maximum atomic E-state index is 12.2. The zero-order valence-electron chi connectivity index (χ0n) is 22.4. The van der Waals surface area contributed by atoms with Crippen molar-refractivity contribution in [3.63, 3.8) is 0 Å². The number of ether oxygens (including phenoxy) is 2. The lowest BCUT2D eigenvalue weighted by Crippen LogP contribution is -2.56. The number of nitrogens with one attached hydrogen (secondary N) is 3. The molecule has 1 aliphatic heterocycles. The number of aliphatic hydroxyl groups is 3. The van der Waals surface area contributed by atoms with Gasteiger partial charge in [-0.1, -0.05) is 35.9 Å². The number of carbonyl (C=O) groups is 1. The highest BCUT2D eigenvalue weighted by molar-refractivity contribution is 7.87. The van der Waals surface area contributed by atoms with E-state index in [2.05, 4.69) is 15.4 Å². The third kappa shape index (κ3) is 8.75. The lowest BCUT2D eigenvalue weighted by molar-refractivity contribution is -0.207. The van der Waals surface area contributed by atoms with Gasteiger partial charge >= 0.3 is 6.03 Å². The fraction of sp³-hybridized carbons (Fsp3) is 0.519. The van der Waals surface area contributed by atoms with Gasteiger partial charge in [-0.05, 0) is 60.6 Å². The highest BCUT2D eigenvalue weighted by atomic mass is 35.5. The van der Waals surface area contributed by atoms with Crippen LogP contribution in [0, 0.1) is 5.92 Å². The summed E-state index contributed by atoms with van der Waals surface area (Å²) in [7, 11) is -3.77. The monoisotopic (exact) mass is 612 g/mol. The van der Waals surface area contributed by atoms with Crippen molar-refractivity contribution >= 4 is 27.8 Å². The normalized spacial score (nSPS) is 24.9. The van der Waals surface area contributed by atoms with Crippen molar-refractivity contribution in [3.8, 4) is 5.75 Å². The van der Waals surface area contributed by atoms with Crippen molar-refractivity contribution < 1.29 is 38.0 Å². The van der Waals surface area contributed by atoms with Crippen molar-refractivity contribution in [2.75, 3.05) is 26.3 Å². The van der Waals surface area contributed by atoms with Crippen LogP contribution in [0.25, 0.3) is 0 Å². The number of benzene rings is 2. The van der Waals surface area contributed by atoms with Crippen LogP contribution in [0.4, 0.5) is 4.79 Å². The summed E-state index contributed by atoms with van der Waals surface area (Å²) in [5, 5.41) is 42.5. The Balaban J connectivity index is 1.41. The Morgan fingerprint density at radius 3 is 2.49 bits per heavy atom. The molecule has 2 aliphatic rings. The van der Waals surface area contributed by atoms with Crippen LogP contribution >= 0.6 is 11.6 Å². The van der Waals surface area contributed by atoms with Crippen molar-refractivity contribution in [2.45, 2.75) is 56.1 Å². The summed E-state index contributed by atoms with van der Waals surface area (Å²) in [5.41, 5.74) is 2.38. The van der Waals surface area contributed by atoms with E-state index in [1.165, 1.54) is 0 Å². The first kappa shape index (κ1) is 31.4. The second-order valence-corrected chi connectivity index (χ2v) is 12.2. The van der Waals surface area contributed by atoms with Gasteiger partial charge in [0.25, 0.3) is 10.2 Å². The van der Waals surface area contributed by atoms with Gasteiger partial charge in [0.05, 0.1) is 18.8 Å². The fourth-order valence-electron chi connectivity index (χ4n) is 4.89. The number of hydrogen-bond donors (Lipinski definition) is 7.